The van der Waals surface area contributed by atoms with Crippen molar-refractivity contribution < 1.29 is 0 Å². The van der Waals surface area contributed by atoms with E-state index in [0.29, 0.717) is 0 Å². The van der Waals surface area contributed by atoms with E-state index in [1.54, 1.807) is 11.3 Å². The molecule has 1 saturated heterocycles. The lowest BCUT2D eigenvalue weighted by Gasteiger charge is -2.35. The number of nitrogens with zero attached hydrogens (tertiary/aromatic N) is 3. The lowest BCUT2D eigenvalue weighted by atomic mass is 10.2. The summed E-state index contributed by atoms with van der Waals surface area (Å²) in [5.41, 5.74) is 1.21. The van der Waals surface area contributed by atoms with E-state index in [1.165, 1.54) is 43.3 Å². The zero-order valence-corrected chi connectivity index (χ0v) is 13.5. The summed E-state index contributed by atoms with van der Waals surface area (Å²) < 4.78 is 0. The summed E-state index contributed by atoms with van der Waals surface area (Å²) in [6, 6.07) is 0.764. The highest BCUT2D eigenvalue weighted by molar-refractivity contribution is 7.13. The maximum atomic E-state index is 4.78. The summed E-state index contributed by atoms with van der Waals surface area (Å²) in [7, 11) is 0. The first-order chi connectivity index (χ1) is 9.70. The minimum Gasteiger partial charge on any atom is -0.346 e. The number of anilines is 1. The van der Waals surface area contributed by atoms with Crippen molar-refractivity contribution in [3.63, 3.8) is 0 Å². The van der Waals surface area contributed by atoms with E-state index in [0.717, 1.165) is 31.6 Å². The Morgan fingerprint density at radius 2 is 2.05 bits per heavy atom. The second-order valence-corrected chi connectivity index (χ2v) is 7.29. The lowest BCUT2D eigenvalue weighted by molar-refractivity contribution is 0.231. The number of aromatic nitrogens is 1. The quantitative estimate of drug-likeness (QED) is 0.871. The summed E-state index contributed by atoms with van der Waals surface area (Å²) in [6.07, 6.45) is 2.68. The van der Waals surface area contributed by atoms with Crippen LogP contribution in [0.4, 0.5) is 5.13 Å². The van der Waals surface area contributed by atoms with Gasteiger partial charge in [0.1, 0.15) is 0 Å². The predicted molar refractivity (Wildman–Crippen MR) is 85.5 cm³/mol. The van der Waals surface area contributed by atoms with E-state index in [2.05, 4.69) is 34.3 Å². The molecular weight excluding hydrogens is 268 g/mol. The van der Waals surface area contributed by atoms with Crippen LogP contribution in [0.2, 0.25) is 0 Å². The Hall–Kier alpha value is -0.650. The van der Waals surface area contributed by atoms with Crippen molar-refractivity contribution in [2.24, 2.45) is 5.92 Å². The second-order valence-electron chi connectivity index (χ2n) is 6.46. The molecule has 4 nitrogen and oxygen atoms in total. The minimum atomic E-state index is 0.764. The summed E-state index contributed by atoms with van der Waals surface area (Å²) in [5.74, 6) is 0.765. The van der Waals surface area contributed by atoms with Gasteiger partial charge in [-0.3, -0.25) is 4.90 Å². The van der Waals surface area contributed by atoms with Crippen LogP contribution < -0.4 is 10.2 Å². The summed E-state index contributed by atoms with van der Waals surface area (Å²) in [4.78, 5) is 9.80. The van der Waals surface area contributed by atoms with Gasteiger partial charge < -0.3 is 10.2 Å². The molecular formula is C15H26N4S. The van der Waals surface area contributed by atoms with Crippen molar-refractivity contribution in [1.82, 2.24) is 15.2 Å². The molecule has 0 aromatic carbocycles. The molecule has 1 aromatic rings. The summed E-state index contributed by atoms with van der Waals surface area (Å²) in [5, 5.41) is 6.96. The van der Waals surface area contributed by atoms with Crippen LogP contribution in [0.5, 0.6) is 0 Å². The van der Waals surface area contributed by atoms with E-state index < -0.39 is 0 Å². The third kappa shape index (κ3) is 3.93. The van der Waals surface area contributed by atoms with Gasteiger partial charge in [-0.15, -0.1) is 11.3 Å². The maximum Gasteiger partial charge on any atom is 0.185 e. The lowest BCUT2D eigenvalue weighted by Crippen LogP contribution is -2.47. The Labute approximate surface area is 126 Å². The van der Waals surface area contributed by atoms with Gasteiger partial charge in [0.15, 0.2) is 5.13 Å². The largest absolute Gasteiger partial charge is 0.346 e. The van der Waals surface area contributed by atoms with Gasteiger partial charge >= 0.3 is 0 Å². The molecule has 0 unspecified atom stereocenters. The molecule has 0 amide bonds. The monoisotopic (exact) mass is 294 g/mol. The SMILES string of the molecule is CC(C)CN1CCN(c2nc(CNC3CC3)cs2)CC1. The molecule has 0 bridgehead atoms. The highest BCUT2D eigenvalue weighted by Crippen LogP contribution is 2.23. The molecule has 0 spiro atoms. The second kappa shape index (κ2) is 6.41. The normalized spacial score (nSPS) is 20.9. The van der Waals surface area contributed by atoms with Crippen molar-refractivity contribution in [1.29, 1.82) is 0 Å². The van der Waals surface area contributed by atoms with Crippen molar-refractivity contribution >= 4 is 16.5 Å². The van der Waals surface area contributed by atoms with Crippen LogP contribution in [0.3, 0.4) is 0 Å². The van der Waals surface area contributed by atoms with Crippen LogP contribution in [0, 0.1) is 5.92 Å². The molecule has 1 saturated carbocycles. The average molecular weight is 294 g/mol. The Bertz CT molecular complexity index is 419. The predicted octanol–water partition coefficient (Wildman–Crippen LogP) is 2.17. The van der Waals surface area contributed by atoms with Crippen molar-refractivity contribution in [2.75, 3.05) is 37.6 Å². The standard InChI is InChI=1S/C15H26N4S/c1-12(2)10-18-5-7-19(8-6-18)15-17-14(11-20-15)9-16-13-3-4-13/h11-13,16H,3-10H2,1-2H3. The molecule has 2 aliphatic rings. The van der Waals surface area contributed by atoms with Gasteiger partial charge in [0.05, 0.1) is 5.69 Å². The molecule has 112 valence electrons. The van der Waals surface area contributed by atoms with Gasteiger partial charge in [-0.2, -0.15) is 0 Å². The van der Waals surface area contributed by atoms with Crippen LogP contribution >= 0.6 is 11.3 Å². The highest BCUT2D eigenvalue weighted by atomic mass is 32.1. The molecule has 1 aliphatic carbocycles. The number of rotatable bonds is 6. The van der Waals surface area contributed by atoms with E-state index in [9.17, 15) is 0 Å². The van der Waals surface area contributed by atoms with Gasteiger partial charge in [-0.1, -0.05) is 13.8 Å². The third-order valence-electron chi connectivity index (χ3n) is 3.95. The van der Waals surface area contributed by atoms with Crippen molar-refractivity contribution in [2.45, 2.75) is 39.3 Å². The molecule has 5 heteroatoms. The first kappa shape index (κ1) is 14.3. The molecule has 0 atom stereocenters. The Morgan fingerprint density at radius 3 is 2.70 bits per heavy atom. The zero-order chi connectivity index (χ0) is 13.9. The van der Waals surface area contributed by atoms with E-state index in [1.807, 2.05) is 0 Å². The summed E-state index contributed by atoms with van der Waals surface area (Å²) in [6.45, 7) is 11.3. The fourth-order valence-electron chi connectivity index (χ4n) is 2.70. The van der Waals surface area contributed by atoms with Crippen LogP contribution in [-0.2, 0) is 6.54 Å². The van der Waals surface area contributed by atoms with Crippen molar-refractivity contribution in [3.05, 3.63) is 11.1 Å². The molecule has 1 N–H and O–H groups in total. The van der Waals surface area contributed by atoms with Crippen molar-refractivity contribution in [3.8, 4) is 0 Å². The maximum absolute atomic E-state index is 4.78. The zero-order valence-electron chi connectivity index (χ0n) is 12.6. The van der Waals surface area contributed by atoms with Gasteiger partial charge in [-0.05, 0) is 18.8 Å². The molecule has 0 radical (unpaired) electrons. The fraction of sp³-hybridized carbons (Fsp3) is 0.800. The number of thiazole rings is 1. The van der Waals surface area contributed by atoms with Crippen LogP contribution in [0.1, 0.15) is 32.4 Å². The van der Waals surface area contributed by atoms with Crippen LogP contribution in [0.15, 0.2) is 5.38 Å². The highest BCUT2D eigenvalue weighted by Gasteiger charge is 2.22. The molecule has 1 aromatic heterocycles. The molecule has 2 heterocycles. The van der Waals surface area contributed by atoms with E-state index >= 15 is 0 Å². The smallest absolute Gasteiger partial charge is 0.185 e. The fourth-order valence-corrected chi connectivity index (χ4v) is 3.58. The molecule has 3 rings (SSSR count). The Balaban J connectivity index is 1.47. The first-order valence-corrected chi connectivity index (χ1v) is 8.74. The van der Waals surface area contributed by atoms with Gasteiger partial charge in [0.2, 0.25) is 0 Å². The molecule has 2 fully saturated rings. The minimum absolute atomic E-state index is 0.764. The number of piperazine rings is 1. The van der Waals surface area contributed by atoms with E-state index in [-0.39, 0.29) is 0 Å². The number of hydrogen-bond acceptors (Lipinski definition) is 5. The number of nitrogens with one attached hydrogen (secondary N) is 1. The third-order valence-corrected chi connectivity index (χ3v) is 4.91. The average Bonchev–Trinajstić information content (AvgIpc) is 3.14. The number of hydrogen-bond donors (Lipinski definition) is 1. The molecule has 20 heavy (non-hydrogen) atoms. The molecule has 1 aliphatic heterocycles. The Kier molecular flexibility index (Phi) is 4.58. The summed E-state index contributed by atoms with van der Waals surface area (Å²) >= 11 is 1.80. The van der Waals surface area contributed by atoms with Gasteiger partial charge in [-0.25, -0.2) is 4.98 Å². The van der Waals surface area contributed by atoms with Crippen LogP contribution in [-0.4, -0.2) is 48.6 Å². The van der Waals surface area contributed by atoms with Gasteiger partial charge in [0.25, 0.3) is 0 Å². The Morgan fingerprint density at radius 1 is 1.30 bits per heavy atom. The first-order valence-electron chi connectivity index (χ1n) is 7.86. The topological polar surface area (TPSA) is 31.4 Å². The van der Waals surface area contributed by atoms with Gasteiger partial charge in [0, 0.05) is 50.7 Å². The van der Waals surface area contributed by atoms with Crippen LogP contribution in [0.25, 0.3) is 0 Å². The van der Waals surface area contributed by atoms with E-state index in [4.69, 9.17) is 4.98 Å².